The van der Waals surface area contributed by atoms with Gasteiger partial charge in [0.1, 0.15) is 16.7 Å². The monoisotopic (exact) mass is 1460 g/mol. The van der Waals surface area contributed by atoms with Gasteiger partial charge in [0.05, 0.1) is 61.3 Å². The fraction of sp³-hybridized carbons (Fsp3) is 0.0968. The Labute approximate surface area is 625 Å². The van der Waals surface area contributed by atoms with Crippen molar-refractivity contribution in [2.45, 2.75) is 62.3 Å². The smallest absolute Gasteiger partial charge is 0.154 e. The highest BCUT2D eigenvalue weighted by Gasteiger charge is 2.26. The summed E-state index contributed by atoms with van der Waals surface area (Å²) in [5, 5.41) is 15.2. The number of benzene rings is 12. The summed E-state index contributed by atoms with van der Waals surface area (Å²) in [6.07, 6.45) is 0. The molecular weight excluding hydrogens is 1400 g/mol. The van der Waals surface area contributed by atoms with Crippen molar-refractivity contribution in [1.29, 1.82) is 0 Å². The number of aryl methyl sites for hydroxylation is 9. The molecule has 24 rings (SSSR count). The van der Waals surface area contributed by atoms with E-state index in [0.29, 0.717) is 0 Å². The van der Waals surface area contributed by atoms with Gasteiger partial charge in [-0.05, 0) is 223 Å². The van der Waals surface area contributed by atoms with E-state index in [2.05, 4.69) is 294 Å². The van der Waals surface area contributed by atoms with E-state index in [9.17, 15) is 0 Å². The first-order valence-electron chi connectivity index (χ1n) is 35.5. The van der Waals surface area contributed by atoms with Crippen LogP contribution in [0.1, 0.15) is 50.1 Å². The molecule has 105 heavy (non-hydrogen) atoms. The highest BCUT2D eigenvalue weighted by molar-refractivity contribution is 7.30. The van der Waals surface area contributed by atoms with E-state index in [1.165, 1.54) is 221 Å². The molecule has 12 aromatic carbocycles. The number of hydrogen-bond donors (Lipinski definition) is 0. The van der Waals surface area contributed by atoms with E-state index in [1.54, 1.807) is 0 Å². The molecular formula is C93H63N3O3S6. The van der Waals surface area contributed by atoms with Gasteiger partial charge in [-0.15, -0.1) is 68.0 Å². The minimum atomic E-state index is 0.976. The third kappa shape index (κ3) is 9.27. The first-order valence-corrected chi connectivity index (χ1v) is 40.4. The van der Waals surface area contributed by atoms with Gasteiger partial charge in [0.25, 0.3) is 0 Å². The third-order valence-corrected chi connectivity index (χ3v) is 28.6. The van der Waals surface area contributed by atoms with Crippen molar-refractivity contribution in [2.24, 2.45) is 0 Å². The number of rotatable bonds is 3. The van der Waals surface area contributed by atoms with Gasteiger partial charge in [-0.25, -0.2) is 0 Å². The summed E-state index contributed by atoms with van der Waals surface area (Å²) in [5.41, 5.74) is 28.7. The van der Waals surface area contributed by atoms with Crippen LogP contribution >= 0.6 is 68.0 Å². The maximum Gasteiger partial charge on any atom is 0.154 e. The van der Waals surface area contributed by atoms with Crippen LogP contribution in [-0.2, 0) is 0 Å². The zero-order valence-corrected chi connectivity index (χ0v) is 63.7. The Kier molecular flexibility index (Phi) is 13.3. The Morgan fingerprint density at radius 2 is 0.457 bits per heavy atom. The van der Waals surface area contributed by atoms with Gasteiger partial charge in [-0.1, -0.05) is 108 Å². The lowest BCUT2D eigenvalue weighted by Crippen LogP contribution is -1.94. The van der Waals surface area contributed by atoms with Crippen molar-refractivity contribution in [2.75, 3.05) is 0 Å². The van der Waals surface area contributed by atoms with Crippen LogP contribution in [0.2, 0.25) is 0 Å². The van der Waals surface area contributed by atoms with Crippen molar-refractivity contribution in [3.63, 3.8) is 0 Å². The topological polar surface area (TPSA) is 54.2 Å². The van der Waals surface area contributed by atoms with Gasteiger partial charge in [0, 0.05) is 110 Å². The summed E-state index contributed by atoms with van der Waals surface area (Å²) >= 11 is 11.2. The zero-order valence-electron chi connectivity index (χ0n) is 58.8. The minimum Gasteiger partial charge on any atom is -0.454 e. The molecule has 0 amide bonds. The number of aromatic nitrogens is 3. The fourth-order valence-corrected chi connectivity index (χ4v) is 23.7. The summed E-state index contributed by atoms with van der Waals surface area (Å²) in [4.78, 5) is 0. The van der Waals surface area contributed by atoms with Gasteiger partial charge in [-0.2, -0.15) is 0 Å². The van der Waals surface area contributed by atoms with Crippen LogP contribution in [0, 0.1) is 62.3 Å². The molecule has 0 atom stereocenters. The van der Waals surface area contributed by atoms with E-state index < -0.39 is 0 Å². The van der Waals surface area contributed by atoms with E-state index >= 15 is 0 Å². The lowest BCUT2D eigenvalue weighted by Gasteiger charge is -2.09. The molecule has 0 saturated heterocycles. The van der Waals surface area contributed by atoms with Crippen LogP contribution in [0.5, 0.6) is 0 Å². The molecule has 504 valence electrons. The molecule has 12 heteroatoms. The van der Waals surface area contributed by atoms with E-state index in [-0.39, 0.29) is 0 Å². The van der Waals surface area contributed by atoms with Crippen molar-refractivity contribution in [3.05, 3.63) is 268 Å². The predicted octanol–water partition coefficient (Wildman–Crippen LogP) is 30.1. The van der Waals surface area contributed by atoms with Crippen LogP contribution in [0.3, 0.4) is 0 Å². The molecule has 24 aromatic rings. The maximum absolute atomic E-state index is 6.44. The van der Waals surface area contributed by atoms with Gasteiger partial charge in [-0.3, -0.25) is 0 Å². The quantitative estimate of drug-likeness (QED) is 0.177. The Balaban J connectivity index is 0.0000000986. The van der Waals surface area contributed by atoms with Crippen LogP contribution in [-0.4, -0.2) is 13.7 Å². The Bertz CT molecular complexity index is 7530. The molecule has 6 nitrogen and oxygen atoms in total. The largest absolute Gasteiger partial charge is 0.454 e. The Morgan fingerprint density at radius 1 is 0.200 bits per heavy atom. The highest BCUT2D eigenvalue weighted by atomic mass is 32.1. The van der Waals surface area contributed by atoms with Crippen molar-refractivity contribution in [1.82, 2.24) is 13.7 Å². The Hall–Kier alpha value is -10.8. The van der Waals surface area contributed by atoms with E-state index in [1.807, 2.05) is 68.0 Å². The van der Waals surface area contributed by atoms with E-state index in [0.717, 1.165) is 33.5 Å². The summed E-state index contributed by atoms with van der Waals surface area (Å²) in [7, 11) is 0. The Morgan fingerprint density at radius 3 is 0.848 bits per heavy atom. The molecule has 0 radical (unpaired) electrons. The van der Waals surface area contributed by atoms with Gasteiger partial charge in [0.15, 0.2) is 16.7 Å². The molecule has 0 saturated carbocycles. The number of thiophene rings is 6. The second-order valence-corrected chi connectivity index (χ2v) is 35.3. The van der Waals surface area contributed by atoms with Crippen LogP contribution in [0.25, 0.3) is 205 Å². The number of furan rings is 3. The second-order valence-electron chi connectivity index (χ2n) is 29.0. The summed E-state index contributed by atoms with van der Waals surface area (Å²) in [6.45, 7) is 19.3. The van der Waals surface area contributed by atoms with Crippen molar-refractivity contribution >= 4 is 256 Å². The summed E-state index contributed by atoms with van der Waals surface area (Å²) < 4.78 is 42.2. The number of hydrogen-bond acceptors (Lipinski definition) is 9. The molecule has 0 unspecified atom stereocenters. The lowest BCUT2D eigenvalue weighted by molar-refractivity contribution is 0.672. The second kappa shape index (κ2) is 22.6. The average Bonchev–Trinajstić information content (AvgIpc) is 1.55. The van der Waals surface area contributed by atoms with Crippen molar-refractivity contribution < 1.29 is 13.3 Å². The van der Waals surface area contributed by atoms with E-state index in [4.69, 9.17) is 13.3 Å². The molecule has 12 heterocycles. The lowest BCUT2D eigenvalue weighted by atomic mass is 10.1. The molecule has 0 aliphatic heterocycles. The average molecular weight is 1460 g/mol. The van der Waals surface area contributed by atoms with Crippen LogP contribution in [0.15, 0.2) is 232 Å². The standard InChI is InChI=1S/3C31H21NOS2/c1-16-4-8-19(9-5-16)32-24-14-23-27(35-31-20-10-6-17(2)12-25(20)33-29(23)31)15-22(24)30-28(32)21-11-7-18(3)13-26(21)34-30;2*1-16-4-8-19(9-5-16)32-24-12-17(2)6-10-20(24)30-28(32)22-14-27-23(15-26(22)34-30)29-31(35-27)21-11-7-18(3)13-25(21)33-29/h3*4-15H,1-3H3. The predicted molar refractivity (Wildman–Crippen MR) is 459 cm³/mol. The molecule has 0 spiro atoms. The molecule has 12 aromatic heterocycles. The van der Waals surface area contributed by atoms with Crippen LogP contribution in [0.4, 0.5) is 0 Å². The molecule has 0 aliphatic rings. The van der Waals surface area contributed by atoms with Gasteiger partial charge in [0.2, 0.25) is 0 Å². The molecule has 0 N–H and O–H groups in total. The molecule has 0 aliphatic carbocycles. The highest BCUT2D eigenvalue weighted by Crippen LogP contribution is 2.52. The van der Waals surface area contributed by atoms with Crippen LogP contribution < -0.4 is 0 Å². The summed E-state index contributed by atoms with van der Waals surface area (Å²) in [5.74, 6) is 0. The SMILES string of the molecule is Cc1ccc(-n2c3cc(C)ccc3c3sc4cc5c(cc4c32)sc2c3ccc(C)cc3oc52)cc1.Cc1ccc(-n2c3cc(C)ccc3c3sc4cc5c(cc4c32)sc2c3ccc(C)cc3oc52)cc1.Cc1ccc(-n2c3cc4c(cc3c3sc5cc(C)ccc5c32)sc2c3ccc(C)cc3oc42)cc1. The zero-order chi connectivity index (χ0) is 70.3. The molecule has 0 fully saturated rings. The fourth-order valence-electron chi connectivity index (χ4n) is 16.3. The normalized spacial score (nSPS) is 12.4. The molecule has 0 bridgehead atoms. The van der Waals surface area contributed by atoms with Gasteiger partial charge >= 0.3 is 0 Å². The van der Waals surface area contributed by atoms with Crippen molar-refractivity contribution in [3.8, 4) is 17.1 Å². The third-order valence-electron chi connectivity index (χ3n) is 21.5. The first kappa shape index (κ1) is 61.7. The number of nitrogens with zero attached hydrogens (tertiary/aromatic N) is 3. The minimum absolute atomic E-state index is 0.976. The maximum atomic E-state index is 6.44. The first-order chi connectivity index (χ1) is 51.1. The number of fused-ring (bicyclic) bond motifs is 30. The summed E-state index contributed by atoms with van der Waals surface area (Å²) in [6, 6.07) is 80.9. The van der Waals surface area contributed by atoms with Gasteiger partial charge < -0.3 is 27.0 Å².